The van der Waals surface area contributed by atoms with E-state index in [9.17, 15) is 9.18 Å². The summed E-state index contributed by atoms with van der Waals surface area (Å²) in [5.74, 6) is 0.433. The van der Waals surface area contributed by atoms with E-state index in [1.165, 1.54) is 12.1 Å². The third-order valence-electron chi connectivity index (χ3n) is 7.15. The van der Waals surface area contributed by atoms with Gasteiger partial charge in [-0.15, -0.1) is 0 Å². The molecule has 0 spiro atoms. The van der Waals surface area contributed by atoms with Crippen LogP contribution in [0.5, 0.6) is 0 Å². The highest BCUT2D eigenvalue weighted by Crippen LogP contribution is 2.35. The van der Waals surface area contributed by atoms with Crippen LogP contribution in [0.4, 0.5) is 10.3 Å². The molecule has 0 saturated carbocycles. The summed E-state index contributed by atoms with van der Waals surface area (Å²) in [5, 5.41) is 6.24. The first-order chi connectivity index (χ1) is 21.0. The molecule has 6 rings (SSSR count). The molecular weight excluding hydrogens is 547 g/mol. The predicted octanol–water partition coefficient (Wildman–Crippen LogP) is 5.77. The van der Waals surface area contributed by atoms with Crippen LogP contribution in [0, 0.1) is 11.2 Å². The lowest BCUT2D eigenvalue weighted by atomic mass is 9.92. The standard InChI is InChI=1S/C33H31FN6O3/c1-33(19-37-30(41)24-10-6-3-7-11-24)20-42-31(43-21-33)29-39-27(23-12-14-25(34)15-13-23)28(40-29)26-16-17-35-32(38-26)36-18-22-8-4-2-5-9-22/h2-17,31H,18-21H2,1H3,(H,37,41)(H,39,40)(H,35,36,38). The van der Waals surface area contributed by atoms with Crippen LogP contribution in [0.25, 0.3) is 22.6 Å². The fourth-order valence-corrected chi connectivity index (χ4v) is 4.75. The summed E-state index contributed by atoms with van der Waals surface area (Å²) in [6, 6.07) is 27.0. The Morgan fingerprint density at radius 3 is 2.37 bits per heavy atom. The monoisotopic (exact) mass is 578 g/mol. The number of carbonyl (C=O) groups excluding carboxylic acids is 1. The summed E-state index contributed by atoms with van der Waals surface area (Å²) in [6.45, 7) is 3.64. The van der Waals surface area contributed by atoms with Gasteiger partial charge in [0.25, 0.3) is 5.91 Å². The third kappa shape index (κ3) is 6.77. The second-order valence-corrected chi connectivity index (χ2v) is 10.8. The van der Waals surface area contributed by atoms with Gasteiger partial charge in [0.1, 0.15) is 5.82 Å². The number of anilines is 1. The molecule has 0 radical (unpaired) electrons. The second kappa shape index (κ2) is 12.5. The summed E-state index contributed by atoms with van der Waals surface area (Å²) in [5.41, 5.74) is 3.79. The minimum atomic E-state index is -0.761. The normalized spacial score (nSPS) is 18.2. The van der Waals surface area contributed by atoms with Gasteiger partial charge in [-0.05, 0) is 48.0 Å². The number of aromatic nitrogens is 4. The molecule has 5 aromatic rings. The van der Waals surface area contributed by atoms with Crippen molar-refractivity contribution in [3.05, 3.63) is 120 Å². The lowest BCUT2D eigenvalue weighted by Gasteiger charge is -2.36. The van der Waals surface area contributed by atoms with Gasteiger partial charge in [-0.1, -0.05) is 55.5 Å². The molecule has 0 aliphatic carbocycles. The van der Waals surface area contributed by atoms with Crippen LogP contribution in [0.15, 0.2) is 97.2 Å². The van der Waals surface area contributed by atoms with Crippen molar-refractivity contribution in [2.45, 2.75) is 19.8 Å². The maximum absolute atomic E-state index is 13.8. The fourth-order valence-electron chi connectivity index (χ4n) is 4.75. The molecule has 3 heterocycles. The van der Waals surface area contributed by atoms with Crippen LogP contribution in [0.1, 0.15) is 35.0 Å². The Bertz CT molecular complexity index is 1670. The van der Waals surface area contributed by atoms with Crippen molar-refractivity contribution in [3.63, 3.8) is 0 Å². The van der Waals surface area contributed by atoms with E-state index in [2.05, 4.69) is 20.6 Å². The molecule has 2 aromatic heterocycles. The van der Waals surface area contributed by atoms with Gasteiger partial charge in [-0.25, -0.2) is 19.3 Å². The predicted molar refractivity (Wildman–Crippen MR) is 160 cm³/mol. The number of nitrogens with one attached hydrogen (secondary N) is 3. The number of nitrogens with zero attached hydrogens (tertiary/aromatic N) is 3. The Balaban J connectivity index is 1.20. The van der Waals surface area contributed by atoms with E-state index in [1.54, 1.807) is 36.5 Å². The highest BCUT2D eigenvalue weighted by Gasteiger charge is 2.35. The molecule has 1 fully saturated rings. The number of hydrogen-bond donors (Lipinski definition) is 3. The first-order valence-corrected chi connectivity index (χ1v) is 14.0. The molecule has 9 nitrogen and oxygen atoms in total. The Morgan fingerprint density at radius 1 is 0.953 bits per heavy atom. The van der Waals surface area contributed by atoms with Gasteiger partial charge in [0.15, 0.2) is 5.82 Å². The lowest BCUT2D eigenvalue weighted by molar-refractivity contribution is -0.231. The summed E-state index contributed by atoms with van der Waals surface area (Å²) in [4.78, 5) is 29.8. The Kier molecular flexibility index (Phi) is 8.21. The lowest BCUT2D eigenvalue weighted by Crippen LogP contribution is -2.45. The average Bonchev–Trinajstić information content (AvgIpc) is 3.50. The summed E-state index contributed by atoms with van der Waals surface area (Å²) in [6.07, 6.45) is 0.913. The van der Waals surface area contributed by atoms with Crippen LogP contribution < -0.4 is 10.6 Å². The molecule has 3 aromatic carbocycles. The first kappa shape index (κ1) is 28.2. The summed E-state index contributed by atoms with van der Waals surface area (Å²) in [7, 11) is 0. The second-order valence-electron chi connectivity index (χ2n) is 10.8. The number of halogens is 1. The molecule has 1 aliphatic heterocycles. The van der Waals surface area contributed by atoms with Crippen LogP contribution in [0.3, 0.4) is 0 Å². The Hall–Kier alpha value is -4.93. The van der Waals surface area contributed by atoms with E-state index < -0.39 is 11.7 Å². The molecule has 218 valence electrons. The molecule has 0 atom stereocenters. The van der Waals surface area contributed by atoms with Crippen molar-refractivity contribution >= 4 is 11.9 Å². The highest BCUT2D eigenvalue weighted by molar-refractivity contribution is 5.94. The van der Waals surface area contributed by atoms with Crippen LogP contribution >= 0.6 is 0 Å². The van der Waals surface area contributed by atoms with Gasteiger partial charge >= 0.3 is 0 Å². The number of hydrogen-bond acceptors (Lipinski definition) is 7. The van der Waals surface area contributed by atoms with Crippen molar-refractivity contribution < 1.29 is 18.7 Å². The molecule has 3 N–H and O–H groups in total. The first-order valence-electron chi connectivity index (χ1n) is 14.0. The van der Waals surface area contributed by atoms with Gasteiger partial charge < -0.3 is 25.1 Å². The quantitative estimate of drug-likeness (QED) is 0.204. The van der Waals surface area contributed by atoms with Gasteiger partial charge in [-0.3, -0.25) is 4.79 Å². The van der Waals surface area contributed by atoms with Crippen molar-refractivity contribution in [1.82, 2.24) is 25.3 Å². The van der Waals surface area contributed by atoms with Crippen molar-refractivity contribution in [1.29, 1.82) is 0 Å². The van der Waals surface area contributed by atoms with E-state index in [0.717, 1.165) is 5.56 Å². The number of H-pyrrole nitrogens is 1. The van der Waals surface area contributed by atoms with E-state index >= 15 is 0 Å². The van der Waals surface area contributed by atoms with Gasteiger partial charge in [0.05, 0.1) is 30.3 Å². The zero-order valence-corrected chi connectivity index (χ0v) is 23.6. The molecule has 1 amide bonds. The Labute approximate surface area is 248 Å². The van der Waals surface area contributed by atoms with Crippen molar-refractivity contribution in [2.24, 2.45) is 5.41 Å². The number of aromatic amines is 1. The molecule has 1 aliphatic rings. The van der Waals surface area contributed by atoms with Crippen molar-refractivity contribution in [3.8, 4) is 22.6 Å². The van der Waals surface area contributed by atoms with Crippen LogP contribution in [-0.4, -0.2) is 45.6 Å². The minimum Gasteiger partial charge on any atom is -0.351 e. The van der Waals surface area contributed by atoms with E-state index in [4.69, 9.17) is 19.4 Å². The summed E-state index contributed by atoms with van der Waals surface area (Å²) >= 11 is 0. The number of imidazole rings is 1. The summed E-state index contributed by atoms with van der Waals surface area (Å²) < 4.78 is 26.0. The molecule has 1 saturated heterocycles. The van der Waals surface area contributed by atoms with E-state index in [1.807, 2.05) is 55.5 Å². The molecule has 0 bridgehead atoms. The number of rotatable bonds is 9. The largest absolute Gasteiger partial charge is 0.351 e. The third-order valence-corrected chi connectivity index (χ3v) is 7.15. The maximum atomic E-state index is 13.8. The zero-order chi connectivity index (χ0) is 29.6. The highest BCUT2D eigenvalue weighted by atomic mass is 19.1. The smallest absolute Gasteiger partial charge is 0.251 e. The fraction of sp³-hybridized carbons (Fsp3) is 0.212. The number of benzene rings is 3. The van der Waals surface area contributed by atoms with Gasteiger partial charge in [-0.2, -0.15) is 0 Å². The van der Waals surface area contributed by atoms with Crippen LogP contribution in [-0.2, 0) is 16.0 Å². The van der Waals surface area contributed by atoms with Crippen LogP contribution in [0.2, 0.25) is 0 Å². The van der Waals surface area contributed by atoms with E-state index in [-0.39, 0.29) is 11.7 Å². The Morgan fingerprint density at radius 2 is 1.65 bits per heavy atom. The molecule has 0 unspecified atom stereocenters. The maximum Gasteiger partial charge on any atom is 0.251 e. The van der Waals surface area contributed by atoms with Crippen molar-refractivity contribution in [2.75, 3.05) is 25.1 Å². The molecule has 10 heteroatoms. The zero-order valence-electron chi connectivity index (χ0n) is 23.6. The van der Waals surface area contributed by atoms with Gasteiger partial charge in [0, 0.05) is 35.8 Å². The number of amides is 1. The number of ether oxygens (including phenoxy) is 2. The SMILES string of the molecule is CC1(CNC(=O)c2ccccc2)COC(c2nc(-c3ccc(F)cc3)c(-c3ccnc(NCc4ccccc4)n3)[nH]2)OC1. The number of carbonyl (C=O) groups is 1. The van der Waals surface area contributed by atoms with E-state index in [0.29, 0.717) is 66.3 Å². The molecule has 43 heavy (non-hydrogen) atoms. The van der Waals surface area contributed by atoms with Gasteiger partial charge in [0.2, 0.25) is 12.2 Å². The molecular formula is C33H31FN6O3. The minimum absolute atomic E-state index is 0.147. The average molecular weight is 579 g/mol. The topological polar surface area (TPSA) is 114 Å².